The number of nitrogens with zero attached hydrogens (tertiary/aromatic N) is 3. The lowest BCUT2D eigenvalue weighted by molar-refractivity contribution is 0.196. The first-order valence-corrected chi connectivity index (χ1v) is 9.89. The summed E-state index contributed by atoms with van der Waals surface area (Å²) in [7, 11) is 1.84. The zero-order valence-electron chi connectivity index (χ0n) is 15.8. The molecule has 5 nitrogen and oxygen atoms in total. The van der Waals surface area contributed by atoms with E-state index in [9.17, 15) is 0 Å². The van der Waals surface area contributed by atoms with E-state index < -0.39 is 0 Å². The lowest BCUT2D eigenvalue weighted by Gasteiger charge is -2.33. The number of pyridine rings is 1. The molecule has 142 valence electrons. The Bertz CT molecular complexity index is 515. The third-order valence-electron chi connectivity index (χ3n) is 4.50. The molecule has 1 aliphatic rings. The third kappa shape index (κ3) is 8.13. The molecule has 0 radical (unpaired) electrons. The maximum absolute atomic E-state index is 4.42. The molecule has 0 aromatic carbocycles. The zero-order valence-corrected chi connectivity index (χ0v) is 18.9. The first-order valence-electron chi connectivity index (χ1n) is 8.67. The molecule has 1 aromatic rings. The first kappa shape index (κ1) is 22.5. The van der Waals surface area contributed by atoms with Crippen LogP contribution < -0.4 is 10.6 Å². The van der Waals surface area contributed by atoms with Crippen LogP contribution in [-0.2, 0) is 6.54 Å². The third-order valence-corrected chi connectivity index (χ3v) is 5.75. The number of likely N-dealkylation sites (tertiary alicyclic amines) is 1. The number of aliphatic imine (C=N–C) groups is 1. The predicted molar refractivity (Wildman–Crippen MR) is 120 cm³/mol. The molecule has 2 heterocycles. The Morgan fingerprint density at radius 2 is 2.08 bits per heavy atom. The van der Waals surface area contributed by atoms with Crippen LogP contribution in [0.5, 0.6) is 0 Å². The summed E-state index contributed by atoms with van der Waals surface area (Å²) in [6, 6.07) is 6.62. The Kier molecular flexibility index (Phi) is 10.1. The molecule has 1 fully saturated rings. The second kappa shape index (κ2) is 11.2. The summed E-state index contributed by atoms with van der Waals surface area (Å²) in [6.45, 7) is 8.54. The zero-order chi connectivity index (χ0) is 17.4. The van der Waals surface area contributed by atoms with E-state index in [2.05, 4.69) is 57.7 Å². The summed E-state index contributed by atoms with van der Waals surface area (Å²) >= 11 is 1.87. The van der Waals surface area contributed by atoms with Crippen LogP contribution >= 0.6 is 35.7 Å². The molecule has 0 saturated carbocycles. The van der Waals surface area contributed by atoms with Gasteiger partial charge in [-0.15, -0.1) is 24.0 Å². The molecular formula is C18H32IN5S. The monoisotopic (exact) mass is 477 g/mol. The van der Waals surface area contributed by atoms with E-state index in [4.69, 9.17) is 0 Å². The highest BCUT2D eigenvalue weighted by atomic mass is 127. The molecular weight excluding hydrogens is 445 g/mol. The molecule has 1 aliphatic heterocycles. The number of piperidine rings is 1. The maximum Gasteiger partial charge on any atom is 0.191 e. The van der Waals surface area contributed by atoms with Gasteiger partial charge in [-0.1, -0.05) is 6.07 Å². The molecule has 1 aromatic heterocycles. The number of rotatable bonds is 6. The van der Waals surface area contributed by atoms with Crippen LogP contribution in [0.25, 0.3) is 0 Å². The van der Waals surface area contributed by atoms with Gasteiger partial charge in [-0.3, -0.25) is 14.9 Å². The van der Waals surface area contributed by atoms with Crippen molar-refractivity contribution in [3.63, 3.8) is 0 Å². The highest BCUT2D eigenvalue weighted by molar-refractivity contribution is 14.0. The average molecular weight is 477 g/mol. The van der Waals surface area contributed by atoms with Crippen molar-refractivity contribution in [2.24, 2.45) is 4.99 Å². The van der Waals surface area contributed by atoms with E-state index in [1.54, 1.807) is 0 Å². The van der Waals surface area contributed by atoms with Gasteiger partial charge in [0.2, 0.25) is 0 Å². The lowest BCUT2D eigenvalue weighted by Crippen LogP contribution is -2.50. The molecule has 7 heteroatoms. The molecule has 25 heavy (non-hydrogen) atoms. The summed E-state index contributed by atoms with van der Waals surface area (Å²) in [5, 5.41) is 7.03. The van der Waals surface area contributed by atoms with Crippen LogP contribution in [0.4, 0.5) is 0 Å². The van der Waals surface area contributed by atoms with E-state index in [1.165, 1.54) is 0 Å². The van der Waals surface area contributed by atoms with Crippen molar-refractivity contribution >= 4 is 41.7 Å². The van der Waals surface area contributed by atoms with Gasteiger partial charge in [-0.25, -0.2) is 0 Å². The fourth-order valence-corrected chi connectivity index (χ4v) is 2.93. The molecule has 1 saturated heterocycles. The summed E-state index contributed by atoms with van der Waals surface area (Å²) < 4.78 is 0.212. The Labute approximate surface area is 173 Å². The van der Waals surface area contributed by atoms with Gasteiger partial charge in [-0.05, 0) is 45.1 Å². The SMILES string of the molecule is CN=C(NCC(C)(C)SC)NC1CCN(Cc2ccccn2)CC1.I. The van der Waals surface area contributed by atoms with E-state index >= 15 is 0 Å². The number of guanidine groups is 1. The minimum Gasteiger partial charge on any atom is -0.355 e. The number of hydrogen-bond donors (Lipinski definition) is 2. The maximum atomic E-state index is 4.42. The van der Waals surface area contributed by atoms with Crippen molar-refractivity contribution in [1.29, 1.82) is 0 Å². The smallest absolute Gasteiger partial charge is 0.191 e. The van der Waals surface area contributed by atoms with Crippen LogP contribution in [0, 0.1) is 0 Å². The number of aromatic nitrogens is 1. The number of thioether (sulfide) groups is 1. The van der Waals surface area contributed by atoms with Crippen LogP contribution in [-0.4, -0.2) is 59.6 Å². The van der Waals surface area contributed by atoms with Crippen molar-refractivity contribution in [2.75, 3.05) is 32.9 Å². The fourth-order valence-electron chi connectivity index (χ4n) is 2.71. The molecule has 2 rings (SSSR count). The minimum atomic E-state index is 0. The highest BCUT2D eigenvalue weighted by Gasteiger charge is 2.21. The Hall–Kier alpha value is -0.540. The highest BCUT2D eigenvalue weighted by Crippen LogP contribution is 2.19. The minimum absolute atomic E-state index is 0. The van der Waals surface area contributed by atoms with Crippen molar-refractivity contribution in [1.82, 2.24) is 20.5 Å². The Morgan fingerprint density at radius 1 is 1.36 bits per heavy atom. The molecule has 0 aliphatic carbocycles. The van der Waals surface area contributed by atoms with E-state index in [-0.39, 0.29) is 28.7 Å². The molecule has 0 bridgehead atoms. The number of nitrogens with one attached hydrogen (secondary N) is 2. The van der Waals surface area contributed by atoms with Gasteiger partial charge < -0.3 is 10.6 Å². The molecule has 0 spiro atoms. The average Bonchev–Trinajstić information content (AvgIpc) is 2.61. The van der Waals surface area contributed by atoms with Crippen LogP contribution in [0.3, 0.4) is 0 Å². The van der Waals surface area contributed by atoms with E-state index in [0.29, 0.717) is 6.04 Å². The van der Waals surface area contributed by atoms with Gasteiger partial charge in [0.1, 0.15) is 0 Å². The first-order chi connectivity index (χ1) is 11.5. The summed E-state index contributed by atoms with van der Waals surface area (Å²) in [4.78, 5) is 11.3. The van der Waals surface area contributed by atoms with Crippen molar-refractivity contribution in [2.45, 2.75) is 44.0 Å². The molecule has 2 N–H and O–H groups in total. The van der Waals surface area contributed by atoms with Gasteiger partial charge in [-0.2, -0.15) is 11.8 Å². The van der Waals surface area contributed by atoms with Crippen molar-refractivity contribution < 1.29 is 0 Å². The van der Waals surface area contributed by atoms with Crippen LogP contribution in [0.15, 0.2) is 29.4 Å². The largest absolute Gasteiger partial charge is 0.355 e. The second-order valence-electron chi connectivity index (χ2n) is 6.91. The van der Waals surface area contributed by atoms with Crippen molar-refractivity contribution in [3.05, 3.63) is 30.1 Å². The van der Waals surface area contributed by atoms with E-state index in [1.807, 2.05) is 31.1 Å². The van der Waals surface area contributed by atoms with Crippen LogP contribution in [0.1, 0.15) is 32.4 Å². The predicted octanol–water partition coefficient (Wildman–Crippen LogP) is 2.97. The Balaban J connectivity index is 0.00000312. The number of hydrogen-bond acceptors (Lipinski definition) is 4. The van der Waals surface area contributed by atoms with Crippen molar-refractivity contribution in [3.8, 4) is 0 Å². The van der Waals surface area contributed by atoms with Gasteiger partial charge >= 0.3 is 0 Å². The molecule has 0 amide bonds. The standard InChI is InChI=1S/C18H31N5S.HI/c1-18(2,24-4)14-21-17(19-3)22-15-8-11-23(12-9-15)13-16-7-5-6-10-20-16;/h5-7,10,15H,8-9,11-14H2,1-4H3,(H2,19,21,22);1H. The van der Waals surface area contributed by atoms with Gasteiger partial charge in [0, 0.05) is 50.2 Å². The van der Waals surface area contributed by atoms with Gasteiger partial charge in [0.15, 0.2) is 5.96 Å². The quantitative estimate of drug-likeness (QED) is 0.375. The summed E-state index contributed by atoms with van der Waals surface area (Å²) in [5.41, 5.74) is 1.15. The summed E-state index contributed by atoms with van der Waals surface area (Å²) in [6.07, 6.45) is 6.30. The van der Waals surface area contributed by atoms with Gasteiger partial charge in [0.05, 0.1) is 5.69 Å². The fraction of sp³-hybridized carbons (Fsp3) is 0.667. The van der Waals surface area contributed by atoms with Crippen LogP contribution in [0.2, 0.25) is 0 Å². The molecule has 0 atom stereocenters. The molecule has 0 unspecified atom stereocenters. The topological polar surface area (TPSA) is 52.6 Å². The second-order valence-corrected chi connectivity index (χ2v) is 8.42. The lowest BCUT2D eigenvalue weighted by atomic mass is 10.0. The Morgan fingerprint density at radius 3 is 2.64 bits per heavy atom. The van der Waals surface area contributed by atoms with Gasteiger partial charge in [0.25, 0.3) is 0 Å². The normalized spacial score (nSPS) is 17.0. The summed E-state index contributed by atoms with van der Waals surface area (Å²) in [5.74, 6) is 0.917. The van der Waals surface area contributed by atoms with E-state index in [0.717, 1.165) is 50.7 Å². The number of halogens is 1.